The van der Waals surface area contributed by atoms with Gasteiger partial charge in [-0.3, -0.25) is 4.79 Å². The van der Waals surface area contributed by atoms with Crippen molar-refractivity contribution in [3.63, 3.8) is 0 Å². The Morgan fingerprint density at radius 2 is 0.778 bits per heavy atom. The van der Waals surface area contributed by atoms with Gasteiger partial charge in [0.05, 0.1) is 38.6 Å². The Balaban J connectivity index is 1.24. The fraction of sp³-hybridized carbons (Fsp3) is 0.952. The van der Waals surface area contributed by atoms with E-state index in [0.717, 1.165) is 32.1 Å². The Kier molecular flexibility index (Phi) is 41.7. The van der Waals surface area contributed by atoms with Gasteiger partial charge in [-0.15, -0.1) is 0 Å². The number of carbonyl (C=O) groups is 1. The first-order chi connectivity index (χ1) is 39.3. The Morgan fingerprint density at radius 1 is 0.432 bits per heavy atom. The van der Waals surface area contributed by atoms with E-state index in [9.17, 15) is 61.0 Å². The molecule has 3 heterocycles. The van der Waals surface area contributed by atoms with E-state index in [4.69, 9.17) is 28.4 Å². The highest BCUT2D eigenvalue weighted by Crippen LogP contribution is 2.33. The number of aliphatic hydroxyl groups excluding tert-OH is 11. The summed E-state index contributed by atoms with van der Waals surface area (Å²) in [5.74, 6) is -0.251. The third-order valence-electron chi connectivity index (χ3n) is 16.6. The maximum absolute atomic E-state index is 13.2. The van der Waals surface area contributed by atoms with Gasteiger partial charge in [0.2, 0.25) is 5.91 Å². The Morgan fingerprint density at radius 3 is 1.20 bits per heavy atom. The summed E-state index contributed by atoms with van der Waals surface area (Å²) >= 11 is 0. The summed E-state index contributed by atoms with van der Waals surface area (Å²) < 4.78 is 34.0. The highest BCUT2D eigenvalue weighted by molar-refractivity contribution is 5.76. The quantitative estimate of drug-likeness (QED) is 0.0217. The van der Waals surface area contributed by atoms with Crippen molar-refractivity contribution in [3.05, 3.63) is 12.2 Å². The lowest BCUT2D eigenvalue weighted by Crippen LogP contribution is -2.66. The lowest BCUT2D eigenvalue weighted by atomic mass is 9.96. The highest BCUT2D eigenvalue weighted by Gasteiger charge is 2.53. The molecule has 3 rings (SSSR count). The van der Waals surface area contributed by atoms with Crippen molar-refractivity contribution in [1.82, 2.24) is 5.32 Å². The molecule has 0 radical (unpaired) electrons. The van der Waals surface area contributed by atoms with E-state index >= 15 is 0 Å². The van der Waals surface area contributed by atoms with Crippen LogP contribution in [-0.4, -0.2) is 193 Å². The second kappa shape index (κ2) is 45.8. The lowest BCUT2D eigenvalue weighted by molar-refractivity contribution is -0.379. The minimum absolute atomic E-state index is 0.251. The maximum Gasteiger partial charge on any atom is 0.220 e. The van der Waals surface area contributed by atoms with Crippen LogP contribution in [0.5, 0.6) is 0 Å². The zero-order valence-corrected chi connectivity index (χ0v) is 50.0. The molecule has 0 bridgehead atoms. The van der Waals surface area contributed by atoms with Crippen LogP contribution >= 0.6 is 0 Å². The SMILES string of the molecule is CCCCCCCCCC/C=C\CCCCCCCCCCCCCCCCCCCCCCCC(=O)NC(COC1OC(CO)C(OC2OC(CO)C(OC3OC(CO)C(O)C(O)C3O)C(O)C2O)C(O)C1O)C(O)CCCCC. The van der Waals surface area contributed by atoms with Gasteiger partial charge in [0.25, 0.3) is 0 Å². The maximum atomic E-state index is 13.2. The summed E-state index contributed by atoms with van der Waals surface area (Å²) in [4.78, 5) is 13.2. The molecule has 0 aromatic heterocycles. The van der Waals surface area contributed by atoms with Crippen LogP contribution in [0.15, 0.2) is 12.2 Å². The van der Waals surface area contributed by atoms with Crippen LogP contribution < -0.4 is 5.32 Å². The predicted molar refractivity (Wildman–Crippen MR) is 310 cm³/mol. The zero-order chi connectivity index (χ0) is 59.0. The van der Waals surface area contributed by atoms with Crippen LogP contribution in [0.1, 0.15) is 245 Å². The lowest BCUT2D eigenvalue weighted by Gasteiger charge is -2.48. The van der Waals surface area contributed by atoms with Gasteiger partial charge in [-0.1, -0.05) is 212 Å². The highest BCUT2D eigenvalue weighted by atomic mass is 16.8. The molecule has 3 aliphatic heterocycles. The molecule has 478 valence electrons. The molecule has 0 aromatic rings. The zero-order valence-electron chi connectivity index (χ0n) is 50.0. The van der Waals surface area contributed by atoms with Gasteiger partial charge < -0.3 is 89.9 Å². The largest absolute Gasteiger partial charge is 0.394 e. The van der Waals surface area contributed by atoms with Gasteiger partial charge in [0.1, 0.15) is 73.2 Å². The number of amides is 1. The number of hydrogen-bond acceptors (Lipinski definition) is 18. The van der Waals surface area contributed by atoms with Gasteiger partial charge in [-0.05, 0) is 38.5 Å². The molecule has 0 aromatic carbocycles. The van der Waals surface area contributed by atoms with Crippen molar-refractivity contribution in [2.75, 3.05) is 26.4 Å². The molecule has 17 unspecified atom stereocenters. The Labute approximate surface area is 486 Å². The summed E-state index contributed by atoms with van der Waals surface area (Å²) in [6, 6.07) is -0.878. The minimum Gasteiger partial charge on any atom is -0.394 e. The number of allylic oxidation sites excluding steroid dienone is 2. The van der Waals surface area contributed by atoms with Gasteiger partial charge in [-0.25, -0.2) is 0 Å². The van der Waals surface area contributed by atoms with Crippen LogP contribution in [0.4, 0.5) is 0 Å². The standard InChI is InChI=1S/C62H117NO18/c1-3-5-7-8-9-10-11-12-13-14-15-16-17-18-19-20-21-22-23-24-25-26-27-28-29-30-31-32-33-34-35-36-38-40-50(68)63-45(46(67)39-37-6-4-2)44-76-60-56(74)53(71)58(48(42-65)78-60)81-62-57(75)54(72)59(49(43-66)79-62)80-61-55(73)52(70)51(69)47(41-64)77-61/h14-15,45-49,51-62,64-67,69-75H,3-13,16-44H2,1-2H3,(H,63,68)/b15-14-. The topological polar surface area (TPSA) is 307 Å². The number of hydrogen-bond donors (Lipinski definition) is 12. The van der Waals surface area contributed by atoms with Crippen LogP contribution in [0.3, 0.4) is 0 Å². The number of ether oxygens (including phenoxy) is 6. The van der Waals surface area contributed by atoms with Crippen molar-refractivity contribution >= 4 is 5.91 Å². The van der Waals surface area contributed by atoms with E-state index in [1.54, 1.807) is 0 Å². The molecule has 19 heteroatoms. The van der Waals surface area contributed by atoms with Crippen LogP contribution in [-0.2, 0) is 33.2 Å². The average molecular weight is 1160 g/mol. The minimum atomic E-state index is -1.97. The molecular weight excluding hydrogens is 1050 g/mol. The van der Waals surface area contributed by atoms with Crippen molar-refractivity contribution in [3.8, 4) is 0 Å². The number of rotatable bonds is 49. The van der Waals surface area contributed by atoms with Crippen LogP contribution in [0.2, 0.25) is 0 Å². The molecule has 17 atom stereocenters. The molecule has 0 saturated carbocycles. The number of nitrogens with one attached hydrogen (secondary N) is 1. The first-order valence-corrected chi connectivity index (χ1v) is 32.4. The molecule has 81 heavy (non-hydrogen) atoms. The molecule has 0 spiro atoms. The summed E-state index contributed by atoms with van der Waals surface area (Å²) in [7, 11) is 0. The molecule has 19 nitrogen and oxygen atoms in total. The molecular formula is C62H117NO18. The van der Waals surface area contributed by atoms with Crippen molar-refractivity contribution < 1.29 is 89.4 Å². The van der Waals surface area contributed by atoms with Gasteiger partial charge in [0, 0.05) is 6.42 Å². The van der Waals surface area contributed by atoms with E-state index in [1.807, 2.05) is 6.92 Å². The fourth-order valence-electron chi connectivity index (χ4n) is 11.3. The summed E-state index contributed by atoms with van der Waals surface area (Å²) in [5, 5.41) is 119. The Hall–Kier alpha value is -1.47. The van der Waals surface area contributed by atoms with Crippen LogP contribution in [0.25, 0.3) is 0 Å². The molecule has 0 aliphatic carbocycles. The van der Waals surface area contributed by atoms with Crippen molar-refractivity contribution in [2.24, 2.45) is 0 Å². The van der Waals surface area contributed by atoms with Crippen LogP contribution in [0, 0.1) is 0 Å². The van der Waals surface area contributed by atoms with Crippen molar-refractivity contribution in [1.29, 1.82) is 0 Å². The monoisotopic (exact) mass is 1160 g/mol. The van der Waals surface area contributed by atoms with E-state index in [1.165, 1.54) is 173 Å². The number of unbranched alkanes of at least 4 members (excludes halogenated alkanes) is 31. The number of carbonyl (C=O) groups excluding carboxylic acids is 1. The predicted octanol–water partition coefficient (Wildman–Crippen LogP) is 6.94. The molecule has 3 aliphatic rings. The van der Waals surface area contributed by atoms with E-state index < -0.39 is 124 Å². The summed E-state index contributed by atoms with van der Waals surface area (Å²) in [6.45, 7) is 1.62. The first-order valence-electron chi connectivity index (χ1n) is 32.4. The van der Waals surface area contributed by atoms with Crippen molar-refractivity contribution in [2.45, 2.75) is 349 Å². The molecule has 12 N–H and O–H groups in total. The Bertz CT molecular complexity index is 1530. The normalized spacial score (nSPS) is 29.8. The van der Waals surface area contributed by atoms with E-state index in [2.05, 4.69) is 24.4 Å². The third-order valence-corrected chi connectivity index (χ3v) is 16.6. The van der Waals surface area contributed by atoms with Gasteiger partial charge in [-0.2, -0.15) is 0 Å². The fourth-order valence-corrected chi connectivity index (χ4v) is 11.3. The first kappa shape index (κ1) is 73.8. The summed E-state index contributed by atoms with van der Waals surface area (Å²) in [6.07, 6.45) is 21.8. The van der Waals surface area contributed by atoms with E-state index in [0.29, 0.717) is 19.3 Å². The second-order valence-corrected chi connectivity index (χ2v) is 23.6. The third kappa shape index (κ3) is 29.2. The van der Waals surface area contributed by atoms with Gasteiger partial charge in [0.15, 0.2) is 18.9 Å². The molecule has 3 saturated heterocycles. The number of aliphatic hydroxyl groups is 11. The average Bonchev–Trinajstić information content (AvgIpc) is 3.55. The molecule has 3 fully saturated rings. The second-order valence-electron chi connectivity index (χ2n) is 23.6. The molecule has 1 amide bonds. The van der Waals surface area contributed by atoms with Gasteiger partial charge >= 0.3 is 0 Å². The smallest absolute Gasteiger partial charge is 0.220 e. The summed E-state index contributed by atoms with van der Waals surface area (Å²) in [5.41, 5.74) is 0. The van der Waals surface area contributed by atoms with E-state index in [-0.39, 0.29) is 18.9 Å².